The van der Waals surface area contributed by atoms with Crippen LogP contribution in [-0.2, 0) is 18.3 Å². The van der Waals surface area contributed by atoms with E-state index in [1.54, 1.807) is 23.6 Å². The number of fused-ring (bicyclic) bond motifs is 1. The average Bonchev–Trinajstić information content (AvgIpc) is 2.93. The molecule has 0 fully saturated rings. The maximum absolute atomic E-state index is 12.8. The number of nitrogens with zero attached hydrogens (tertiary/aromatic N) is 3. The lowest BCUT2D eigenvalue weighted by Crippen LogP contribution is -2.40. The fourth-order valence-corrected chi connectivity index (χ4v) is 3.19. The first-order valence-electron chi connectivity index (χ1n) is 7.37. The first kappa shape index (κ1) is 14.5. The molecule has 0 bridgehead atoms. The Kier molecular flexibility index (Phi) is 3.35. The molecule has 5 nitrogen and oxygen atoms in total. The third-order valence-corrected chi connectivity index (χ3v) is 4.36. The summed E-state index contributed by atoms with van der Waals surface area (Å²) in [6, 6.07) is 7.74. The highest BCUT2D eigenvalue weighted by molar-refractivity contribution is 6.47. The van der Waals surface area contributed by atoms with Gasteiger partial charge in [-0.15, -0.1) is 0 Å². The van der Waals surface area contributed by atoms with Crippen LogP contribution in [0.2, 0.25) is 0 Å². The Hall–Kier alpha value is -2.43. The van der Waals surface area contributed by atoms with Crippen LogP contribution in [0.15, 0.2) is 24.3 Å². The molecule has 0 saturated carbocycles. The van der Waals surface area contributed by atoms with Gasteiger partial charge in [-0.1, -0.05) is 18.2 Å². The van der Waals surface area contributed by atoms with Crippen molar-refractivity contribution in [2.45, 2.75) is 33.2 Å². The molecule has 22 heavy (non-hydrogen) atoms. The quantitative estimate of drug-likeness (QED) is 0.631. The van der Waals surface area contributed by atoms with Gasteiger partial charge in [0, 0.05) is 24.5 Å². The molecule has 2 heterocycles. The van der Waals surface area contributed by atoms with E-state index in [-0.39, 0.29) is 6.04 Å². The Labute approximate surface area is 129 Å². The second-order valence-corrected chi connectivity index (χ2v) is 5.86. The van der Waals surface area contributed by atoms with E-state index >= 15 is 0 Å². The minimum absolute atomic E-state index is 0.00821. The van der Waals surface area contributed by atoms with Gasteiger partial charge in [-0.3, -0.25) is 14.3 Å². The maximum atomic E-state index is 12.8. The van der Waals surface area contributed by atoms with Crippen molar-refractivity contribution in [1.82, 2.24) is 9.78 Å². The number of carbonyl (C=O) groups excluding carboxylic acids is 2. The molecule has 1 atom stereocenters. The van der Waals surface area contributed by atoms with Crippen LogP contribution in [-0.4, -0.2) is 27.5 Å². The van der Waals surface area contributed by atoms with Gasteiger partial charge in [-0.25, -0.2) is 0 Å². The molecule has 1 aliphatic rings. The smallest absolute Gasteiger partial charge is 0.299 e. The zero-order chi connectivity index (χ0) is 16.0. The Bertz CT molecular complexity index is 776. The average molecular weight is 297 g/mol. The van der Waals surface area contributed by atoms with Gasteiger partial charge in [-0.05, 0) is 38.8 Å². The Morgan fingerprint density at radius 2 is 1.91 bits per heavy atom. The van der Waals surface area contributed by atoms with E-state index in [1.807, 2.05) is 38.1 Å². The SMILES string of the molecule is Cc1nn(C)c(C)c1C(=O)C(=O)N1c2ccccc2CC1C. The minimum Gasteiger partial charge on any atom is -0.302 e. The summed E-state index contributed by atoms with van der Waals surface area (Å²) in [5.74, 6) is -0.955. The number of hydrogen-bond acceptors (Lipinski definition) is 3. The summed E-state index contributed by atoms with van der Waals surface area (Å²) < 4.78 is 1.64. The van der Waals surface area contributed by atoms with Gasteiger partial charge in [0.15, 0.2) is 0 Å². The predicted molar refractivity (Wildman–Crippen MR) is 84.1 cm³/mol. The van der Waals surface area contributed by atoms with Crippen LogP contribution in [0.1, 0.15) is 34.2 Å². The number of para-hydroxylation sites is 1. The lowest BCUT2D eigenvalue weighted by molar-refractivity contribution is -0.115. The van der Waals surface area contributed by atoms with Crippen molar-refractivity contribution < 1.29 is 9.59 Å². The van der Waals surface area contributed by atoms with Crippen molar-refractivity contribution in [3.8, 4) is 0 Å². The van der Waals surface area contributed by atoms with E-state index in [1.165, 1.54) is 0 Å². The second-order valence-electron chi connectivity index (χ2n) is 5.86. The van der Waals surface area contributed by atoms with E-state index < -0.39 is 11.7 Å². The first-order valence-corrected chi connectivity index (χ1v) is 7.37. The number of carbonyl (C=O) groups is 2. The zero-order valence-electron chi connectivity index (χ0n) is 13.3. The maximum Gasteiger partial charge on any atom is 0.299 e. The highest BCUT2D eigenvalue weighted by Crippen LogP contribution is 2.32. The number of aryl methyl sites for hydroxylation is 2. The number of Topliss-reactive ketones (excluding diaryl/α,β-unsaturated/α-hetero) is 1. The van der Waals surface area contributed by atoms with Crippen molar-refractivity contribution in [2.75, 3.05) is 4.90 Å². The largest absolute Gasteiger partial charge is 0.302 e. The number of hydrogen-bond donors (Lipinski definition) is 0. The molecule has 0 spiro atoms. The molecule has 0 radical (unpaired) electrons. The number of rotatable bonds is 2. The molecule has 1 unspecified atom stereocenters. The number of aromatic nitrogens is 2. The zero-order valence-corrected chi connectivity index (χ0v) is 13.3. The summed E-state index contributed by atoms with van der Waals surface area (Å²) >= 11 is 0. The molecule has 1 amide bonds. The number of anilines is 1. The van der Waals surface area contributed by atoms with Gasteiger partial charge in [0.1, 0.15) is 0 Å². The molecular formula is C17H19N3O2. The summed E-state index contributed by atoms with van der Waals surface area (Å²) in [4.78, 5) is 27.1. The lowest BCUT2D eigenvalue weighted by Gasteiger charge is -2.21. The third-order valence-electron chi connectivity index (χ3n) is 4.36. The van der Waals surface area contributed by atoms with Crippen LogP contribution in [0.5, 0.6) is 0 Å². The second kappa shape index (κ2) is 5.09. The molecule has 114 valence electrons. The minimum atomic E-state index is -0.480. The molecule has 0 N–H and O–H groups in total. The van der Waals surface area contributed by atoms with Gasteiger partial charge >= 0.3 is 0 Å². The molecule has 2 aromatic rings. The number of benzene rings is 1. The molecule has 3 rings (SSSR count). The summed E-state index contributed by atoms with van der Waals surface area (Å²) in [5.41, 5.74) is 3.68. The molecule has 0 saturated heterocycles. The monoisotopic (exact) mass is 297 g/mol. The number of amides is 1. The van der Waals surface area contributed by atoms with Crippen LogP contribution in [0, 0.1) is 13.8 Å². The van der Waals surface area contributed by atoms with Crippen LogP contribution in [0.3, 0.4) is 0 Å². The van der Waals surface area contributed by atoms with E-state index in [0.717, 1.165) is 23.4 Å². The molecule has 1 aromatic heterocycles. The normalized spacial score (nSPS) is 16.7. The van der Waals surface area contributed by atoms with Crippen molar-refractivity contribution in [1.29, 1.82) is 0 Å². The van der Waals surface area contributed by atoms with Crippen LogP contribution in [0.4, 0.5) is 5.69 Å². The van der Waals surface area contributed by atoms with Gasteiger partial charge < -0.3 is 4.90 Å². The Morgan fingerprint density at radius 1 is 1.23 bits per heavy atom. The standard InChI is InChI=1S/C17H19N3O2/c1-10-9-13-7-5-6-8-14(13)20(10)17(22)16(21)15-11(2)18-19(4)12(15)3/h5-8,10H,9H2,1-4H3. The molecular weight excluding hydrogens is 278 g/mol. The van der Waals surface area contributed by atoms with Crippen molar-refractivity contribution in [2.24, 2.45) is 7.05 Å². The molecule has 1 aromatic carbocycles. The van der Waals surface area contributed by atoms with Crippen LogP contribution < -0.4 is 4.90 Å². The van der Waals surface area contributed by atoms with E-state index in [2.05, 4.69) is 5.10 Å². The first-order chi connectivity index (χ1) is 10.4. The Morgan fingerprint density at radius 3 is 2.55 bits per heavy atom. The predicted octanol–water partition coefficient (Wildman–Crippen LogP) is 2.20. The highest BCUT2D eigenvalue weighted by atomic mass is 16.2. The third kappa shape index (κ3) is 2.04. The highest BCUT2D eigenvalue weighted by Gasteiger charge is 2.36. The van der Waals surface area contributed by atoms with Gasteiger partial charge in [0.05, 0.1) is 11.3 Å². The van der Waals surface area contributed by atoms with E-state index in [9.17, 15) is 9.59 Å². The van der Waals surface area contributed by atoms with Crippen LogP contribution >= 0.6 is 0 Å². The molecule has 1 aliphatic heterocycles. The topological polar surface area (TPSA) is 55.2 Å². The number of ketones is 1. The van der Waals surface area contributed by atoms with E-state index in [0.29, 0.717) is 11.3 Å². The summed E-state index contributed by atoms with van der Waals surface area (Å²) in [7, 11) is 1.78. The van der Waals surface area contributed by atoms with Gasteiger partial charge in [0.25, 0.3) is 11.7 Å². The molecule has 5 heteroatoms. The summed E-state index contributed by atoms with van der Waals surface area (Å²) in [6.45, 7) is 5.53. The Balaban J connectivity index is 1.99. The van der Waals surface area contributed by atoms with Crippen molar-refractivity contribution in [3.05, 3.63) is 46.8 Å². The molecule has 0 aliphatic carbocycles. The van der Waals surface area contributed by atoms with Crippen LogP contribution in [0.25, 0.3) is 0 Å². The lowest BCUT2D eigenvalue weighted by atomic mass is 10.1. The van der Waals surface area contributed by atoms with Crippen molar-refractivity contribution in [3.63, 3.8) is 0 Å². The fraction of sp³-hybridized carbons (Fsp3) is 0.353. The van der Waals surface area contributed by atoms with Gasteiger partial charge in [-0.2, -0.15) is 5.10 Å². The summed E-state index contributed by atoms with van der Waals surface area (Å²) in [6.07, 6.45) is 0.778. The van der Waals surface area contributed by atoms with Gasteiger partial charge in [0.2, 0.25) is 0 Å². The van der Waals surface area contributed by atoms with Crippen molar-refractivity contribution >= 4 is 17.4 Å². The summed E-state index contributed by atoms with van der Waals surface area (Å²) in [5, 5.41) is 4.23. The van der Waals surface area contributed by atoms with E-state index in [4.69, 9.17) is 0 Å². The fourth-order valence-electron chi connectivity index (χ4n) is 3.19.